The highest BCUT2D eigenvalue weighted by Crippen LogP contribution is 2.54. The lowest BCUT2D eigenvalue weighted by Crippen LogP contribution is -2.58. The lowest BCUT2D eigenvalue weighted by molar-refractivity contribution is -0.151. The summed E-state index contributed by atoms with van der Waals surface area (Å²) in [5.74, 6) is 0.905. The quantitative estimate of drug-likeness (QED) is 0.905. The third kappa shape index (κ3) is 1.89. The van der Waals surface area contributed by atoms with Crippen molar-refractivity contribution >= 4 is 15.9 Å². The molecule has 0 bridgehead atoms. The van der Waals surface area contributed by atoms with Gasteiger partial charge in [-0.2, -0.15) is 0 Å². The largest absolute Gasteiger partial charge is 0.490 e. The predicted molar refractivity (Wildman–Crippen MR) is 70.1 cm³/mol. The van der Waals surface area contributed by atoms with E-state index in [9.17, 15) is 5.11 Å². The number of hydrogen-bond donors (Lipinski definition) is 1. The fourth-order valence-electron chi connectivity index (χ4n) is 3.28. The number of aliphatic hydroxyl groups excluding tert-OH is 1. The Kier molecular flexibility index (Phi) is 2.91. The maximum absolute atomic E-state index is 10.0. The van der Waals surface area contributed by atoms with E-state index in [1.165, 1.54) is 12.8 Å². The van der Waals surface area contributed by atoms with Crippen LogP contribution in [0.2, 0.25) is 0 Å². The lowest BCUT2D eigenvalue weighted by atomic mass is 9.62. The first-order valence-electron chi connectivity index (χ1n) is 6.31. The fraction of sp³-hybridized carbons (Fsp3) is 0.571. The SMILES string of the molecule is OC1CC(Oc2cccc(Br)c2)C12CCCC2. The Morgan fingerprint density at radius 2 is 2.06 bits per heavy atom. The van der Waals surface area contributed by atoms with Crippen LogP contribution in [0.15, 0.2) is 28.7 Å². The van der Waals surface area contributed by atoms with Gasteiger partial charge in [0.1, 0.15) is 11.9 Å². The van der Waals surface area contributed by atoms with Crippen LogP contribution in [0, 0.1) is 5.41 Å². The number of halogens is 1. The molecular weight excluding hydrogens is 280 g/mol. The van der Waals surface area contributed by atoms with Crippen LogP contribution in [-0.4, -0.2) is 17.3 Å². The number of ether oxygens (including phenoxy) is 1. The van der Waals surface area contributed by atoms with Gasteiger partial charge in [0.2, 0.25) is 0 Å². The number of aliphatic hydroxyl groups is 1. The van der Waals surface area contributed by atoms with Crippen molar-refractivity contribution in [3.63, 3.8) is 0 Å². The van der Waals surface area contributed by atoms with E-state index in [1.54, 1.807) is 0 Å². The van der Waals surface area contributed by atoms with Crippen molar-refractivity contribution in [1.82, 2.24) is 0 Å². The van der Waals surface area contributed by atoms with Gasteiger partial charge in [-0.1, -0.05) is 34.8 Å². The number of hydrogen-bond acceptors (Lipinski definition) is 2. The average Bonchev–Trinajstić information content (AvgIpc) is 2.80. The standard InChI is InChI=1S/C14H17BrO2/c15-10-4-3-5-11(8-10)17-13-9-12(16)14(13)6-1-2-7-14/h3-5,8,12-13,16H,1-2,6-7,9H2. The van der Waals surface area contributed by atoms with Crippen LogP contribution < -0.4 is 4.74 Å². The maximum Gasteiger partial charge on any atom is 0.120 e. The maximum atomic E-state index is 10.0. The van der Waals surface area contributed by atoms with Gasteiger partial charge in [-0.05, 0) is 31.0 Å². The zero-order valence-corrected chi connectivity index (χ0v) is 11.3. The topological polar surface area (TPSA) is 29.5 Å². The molecule has 2 aliphatic rings. The van der Waals surface area contributed by atoms with Gasteiger partial charge in [-0.25, -0.2) is 0 Å². The van der Waals surface area contributed by atoms with E-state index >= 15 is 0 Å². The number of benzene rings is 1. The van der Waals surface area contributed by atoms with Crippen LogP contribution in [0.4, 0.5) is 0 Å². The molecule has 1 aromatic carbocycles. The van der Waals surface area contributed by atoms with E-state index in [0.717, 1.165) is 29.5 Å². The van der Waals surface area contributed by atoms with Crippen LogP contribution in [-0.2, 0) is 0 Å². The van der Waals surface area contributed by atoms with Crippen molar-refractivity contribution in [2.75, 3.05) is 0 Å². The molecule has 1 aromatic rings. The summed E-state index contributed by atoms with van der Waals surface area (Å²) in [7, 11) is 0. The molecule has 2 unspecified atom stereocenters. The normalized spacial score (nSPS) is 30.2. The van der Waals surface area contributed by atoms with E-state index in [-0.39, 0.29) is 17.6 Å². The zero-order valence-electron chi connectivity index (χ0n) is 9.73. The third-order valence-corrected chi connectivity index (χ3v) is 4.84. The van der Waals surface area contributed by atoms with Gasteiger partial charge in [0, 0.05) is 16.3 Å². The molecule has 2 aliphatic carbocycles. The fourth-order valence-corrected chi connectivity index (χ4v) is 3.66. The molecule has 0 amide bonds. The van der Waals surface area contributed by atoms with Gasteiger partial charge in [0.05, 0.1) is 6.10 Å². The molecule has 2 nitrogen and oxygen atoms in total. The molecule has 17 heavy (non-hydrogen) atoms. The molecule has 3 heteroatoms. The molecule has 0 heterocycles. The third-order valence-electron chi connectivity index (χ3n) is 4.35. The van der Waals surface area contributed by atoms with Crippen molar-refractivity contribution in [2.24, 2.45) is 5.41 Å². The number of rotatable bonds is 2. The van der Waals surface area contributed by atoms with E-state index in [1.807, 2.05) is 24.3 Å². The second kappa shape index (κ2) is 4.29. The summed E-state index contributed by atoms with van der Waals surface area (Å²) in [6.07, 6.45) is 5.54. The first kappa shape index (κ1) is 11.5. The van der Waals surface area contributed by atoms with E-state index in [4.69, 9.17) is 4.74 Å². The Labute approximate surface area is 110 Å². The molecule has 0 aromatic heterocycles. The lowest BCUT2D eigenvalue weighted by Gasteiger charge is -2.51. The summed E-state index contributed by atoms with van der Waals surface area (Å²) < 4.78 is 7.09. The second-order valence-corrected chi connectivity index (χ2v) is 6.17. The highest BCUT2D eigenvalue weighted by molar-refractivity contribution is 9.10. The van der Waals surface area contributed by atoms with E-state index < -0.39 is 0 Å². The Morgan fingerprint density at radius 3 is 2.71 bits per heavy atom. The highest BCUT2D eigenvalue weighted by atomic mass is 79.9. The van der Waals surface area contributed by atoms with Crippen LogP contribution in [0.5, 0.6) is 5.75 Å². The molecule has 0 saturated heterocycles. The molecule has 2 fully saturated rings. The van der Waals surface area contributed by atoms with Gasteiger partial charge in [-0.3, -0.25) is 0 Å². The van der Waals surface area contributed by atoms with Crippen LogP contribution in [0.1, 0.15) is 32.1 Å². The van der Waals surface area contributed by atoms with Crippen LogP contribution >= 0.6 is 15.9 Å². The van der Waals surface area contributed by atoms with Gasteiger partial charge in [-0.15, -0.1) is 0 Å². The molecule has 2 saturated carbocycles. The minimum atomic E-state index is -0.151. The minimum Gasteiger partial charge on any atom is -0.490 e. The highest BCUT2D eigenvalue weighted by Gasteiger charge is 2.57. The molecule has 92 valence electrons. The summed E-state index contributed by atoms with van der Waals surface area (Å²) in [6.45, 7) is 0. The minimum absolute atomic E-state index is 0.0579. The Morgan fingerprint density at radius 1 is 1.29 bits per heavy atom. The Hall–Kier alpha value is -0.540. The summed E-state index contributed by atoms with van der Waals surface area (Å²) in [5.41, 5.74) is 0.0579. The summed E-state index contributed by atoms with van der Waals surface area (Å²) in [6, 6.07) is 7.95. The van der Waals surface area contributed by atoms with Gasteiger partial charge >= 0.3 is 0 Å². The van der Waals surface area contributed by atoms with Crippen LogP contribution in [0.3, 0.4) is 0 Å². The molecule has 0 radical (unpaired) electrons. The van der Waals surface area contributed by atoms with Gasteiger partial charge < -0.3 is 9.84 Å². The Balaban J connectivity index is 1.74. The molecule has 3 rings (SSSR count). The van der Waals surface area contributed by atoms with Crippen molar-refractivity contribution in [3.8, 4) is 5.75 Å². The summed E-state index contributed by atoms with van der Waals surface area (Å²) in [5, 5.41) is 10.0. The monoisotopic (exact) mass is 296 g/mol. The predicted octanol–water partition coefficient (Wildman–Crippen LogP) is 3.52. The van der Waals surface area contributed by atoms with Gasteiger partial charge in [0.15, 0.2) is 0 Å². The smallest absolute Gasteiger partial charge is 0.120 e. The Bertz CT molecular complexity index is 412. The zero-order chi connectivity index (χ0) is 11.9. The van der Waals surface area contributed by atoms with Crippen molar-refractivity contribution < 1.29 is 9.84 Å². The van der Waals surface area contributed by atoms with E-state index in [2.05, 4.69) is 15.9 Å². The first-order chi connectivity index (χ1) is 8.21. The van der Waals surface area contributed by atoms with Gasteiger partial charge in [0.25, 0.3) is 0 Å². The molecule has 1 spiro atoms. The van der Waals surface area contributed by atoms with E-state index in [0.29, 0.717) is 0 Å². The van der Waals surface area contributed by atoms with Crippen molar-refractivity contribution in [1.29, 1.82) is 0 Å². The summed E-state index contributed by atoms with van der Waals surface area (Å²) >= 11 is 3.45. The average molecular weight is 297 g/mol. The molecule has 0 aliphatic heterocycles. The van der Waals surface area contributed by atoms with Crippen molar-refractivity contribution in [3.05, 3.63) is 28.7 Å². The molecule has 1 N–H and O–H groups in total. The summed E-state index contributed by atoms with van der Waals surface area (Å²) in [4.78, 5) is 0. The van der Waals surface area contributed by atoms with Crippen LogP contribution in [0.25, 0.3) is 0 Å². The van der Waals surface area contributed by atoms with Crippen molar-refractivity contribution in [2.45, 2.75) is 44.3 Å². The molecular formula is C14H17BrO2. The first-order valence-corrected chi connectivity index (χ1v) is 7.10. The second-order valence-electron chi connectivity index (χ2n) is 5.26. The molecule has 2 atom stereocenters.